The van der Waals surface area contributed by atoms with Gasteiger partial charge in [0.2, 0.25) is 17.7 Å². The third-order valence-corrected chi connectivity index (χ3v) is 8.98. The number of nitrogens with zero attached hydrogens (tertiary/aromatic N) is 3. The van der Waals surface area contributed by atoms with Crippen molar-refractivity contribution in [3.8, 4) is 11.5 Å². The Balaban J connectivity index is 1.20. The number of piperidine rings is 1. The number of piperazine rings is 1. The molecule has 3 amide bonds. The summed E-state index contributed by atoms with van der Waals surface area (Å²) in [5.74, 6) is 1.17. The van der Waals surface area contributed by atoms with Gasteiger partial charge >= 0.3 is 6.09 Å². The summed E-state index contributed by atoms with van der Waals surface area (Å²) in [6.07, 6.45) is 3.24. The van der Waals surface area contributed by atoms with Gasteiger partial charge in [-0.05, 0) is 50.3 Å². The smallest absolute Gasteiger partial charge is 0.407 e. The SMILES string of the molecule is CCC[C@H](NC(=O)OCc1ccccc1)[C@@H]1NC(=O)C2(CCN(CCc3nc(-c4ccccc4)oc3C)CC2)N(CCC)C1=O. The fourth-order valence-electron chi connectivity index (χ4n) is 6.48. The van der Waals surface area contributed by atoms with Crippen molar-refractivity contribution in [2.45, 2.75) is 83.5 Å². The molecule has 10 heteroatoms. The van der Waals surface area contributed by atoms with Gasteiger partial charge in [-0.3, -0.25) is 9.59 Å². The lowest BCUT2D eigenvalue weighted by Gasteiger charge is -2.52. The Morgan fingerprint density at radius 1 is 1.04 bits per heavy atom. The number of aryl methyl sites for hydroxylation is 1. The number of nitrogens with one attached hydrogen (secondary N) is 2. The summed E-state index contributed by atoms with van der Waals surface area (Å²) < 4.78 is 11.4. The van der Waals surface area contributed by atoms with Crippen LogP contribution in [0.25, 0.3) is 11.5 Å². The minimum atomic E-state index is -0.894. The molecule has 2 saturated heterocycles. The molecule has 1 aromatic heterocycles. The summed E-state index contributed by atoms with van der Waals surface area (Å²) in [4.78, 5) is 49.6. The van der Waals surface area contributed by atoms with Gasteiger partial charge in [0.1, 0.15) is 23.9 Å². The number of hydrogen-bond acceptors (Lipinski definition) is 7. The first-order chi connectivity index (χ1) is 21.8. The highest BCUT2D eigenvalue weighted by molar-refractivity contribution is 6.00. The van der Waals surface area contributed by atoms with E-state index in [1.165, 1.54) is 0 Å². The van der Waals surface area contributed by atoms with Crippen LogP contribution in [0.1, 0.15) is 63.0 Å². The number of rotatable bonds is 12. The lowest BCUT2D eigenvalue weighted by Crippen LogP contribution is -2.75. The summed E-state index contributed by atoms with van der Waals surface area (Å²) in [5.41, 5.74) is 1.87. The monoisotopic (exact) mass is 615 g/mol. The van der Waals surface area contributed by atoms with Crippen molar-refractivity contribution < 1.29 is 23.5 Å². The first kappa shape index (κ1) is 32.2. The molecular weight excluding hydrogens is 570 g/mol. The second-order valence-corrected chi connectivity index (χ2v) is 12.1. The fraction of sp³-hybridized carbons (Fsp3) is 0.486. The van der Waals surface area contributed by atoms with Gasteiger partial charge in [-0.15, -0.1) is 0 Å². The molecule has 0 saturated carbocycles. The van der Waals surface area contributed by atoms with Gasteiger partial charge in [-0.25, -0.2) is 9.78 Å². The van der Waals surface area contributed by atoms with E-state index in [-0.39, 0.29) is 18.4 Å². The number of benzene rings is 2. The van der Waals surface area contributed by atoms with Crippen molar-refractivity contribution >= 4 is 17.9 Å². The van der Waals surface area contributed by atoms with E-state index < -0.39 is 23.7 Å². The number of hydrogen-bond donors (Lipinski definition) is 2. The van der Waals surface area contributed by atoms with Crippen LogP contribution >= 0.6 is 0 Å². The van der Waals surface area contributed by atoms with E-state index in [0.29, 0.717) is 44.8 Å². The van der Waals surface area contributed by atoms with E-state index >= 15 is 0 Å². The molecule has 2 aromatic carbocycles. The zero-order chi connectivity index (χ0) is 31.8. The number of alkyl carbamates (subject to hydrolysis) is 1. The molecule has 3 heterocycles. The molecule has 0 aliphatic carbocycles. The van der Waals surface area contributed by atoms with Crippen molar-refractivity contribution in [1.82, 2.24) is 25.4 Å². The van der Waals surface area contributed by atoms with E-state index in [2.05, 4.69) is 15.5 Å². The molecule has 10 nitrogen and oxygen atoms in total. The lowest BCUT2D eigenvalue weighted by molar-refractivity contribution is -0.162. The van der Waals surface area contributed by atoms with Crippen LogP contribution in [0.3, 0.4) is 0 Å². The van der Waals surface area contributed by atoms with Crippen molar-refractivity contribution in [3.05, 3.63) is 77.7 Å². The minimum Gasteiger partial charge on any atom is -0.445 e. The summed E-state index contributed by atoms with van der Waals surface area (Å²) >= 11 is 0. The van der Waals surface area contributed by atoms with Gasteiger partial charge in [-0.1, -0.05) is 68.8 Å². The van der Waals surface area contributed by atoms with Gasteiger partial charge < -0.3 is 29.6 Å². The van der Waals surface area contributed by atoms with E-state index in [1.807, 2.05) is 81.4 Å². The van der Waals surface area contributed by atoms with Crippen LogP contribution in [-0.2, 0) is 27.4 Å². The van der Waals surface area contributed by atoms with Gasteiger partial charge in [0.15, 0.2) is 0 Å². The second kappa shape index (κ2) is 14.7. The van der Waals surface area contributed by atoms with Crippen LogP contribution in [0.5, 0.6) is 0 Å². The maximum atomic E-state index is 14.0. The van der Waals surface area contributed by atoms with Gasteiger partial charge in [0, 0.05) is 38.2 Å². The number of ether oxygens (including phenoxy) is 1. The summed E-state index contributed by atoms with van der Waals surface area (Å²) in [6.45, 7) is 8.74. The predicted octanol–water partition coefficient (Wildman–Crippen LogP) is 4.86. The maximum Gasteiger partial charge on any atom is 0.407 e. The van der Waals surface area contributed by atoms with Crippen LogP contribution in [0.4, 0.5) is 4.79 Å². The molecule has 2 fully saturated rings. The van der Waals surface area contributed by atoms with Gasteiger partial charge in [-0.2, -0.15) is 0 Å². The van der Waals surface area contributed by atoms with Crippen molar-refractivity contribution in [2.75, 3.05) is 26.2 Å². The normalized spacial score (nSPS) is 18.9. The zero-order valence-electron chi connectivity index (χ0n) is 26.6. The van der Waals surface area contributed by atoms with Crippen LogP contribution in [0, 0.1) is 6.92 Å². The number of likely N-dealkylation sites (tertiary alicyclic amines) is 1. The van der Waals surface area contributed by atoms with E-state index in [9.17, 15) is 14.4 Å². The van der Waals surface area contributed by atoms with Gasteiger partial charge in [0.25, 0.3) is 0 Å². The summed E-state index contributed by atoms with van der Waals surface area (Å²) in [7, 11) is 0. The molecule has 3 aromatic rings. The van der Waals surface area contributed by atoms with Crippen LogP contribution in [-0.4, -0.2) is 76.5 Å². The number of amides is 3. The Hall–Kier alpha value is -4.18. The highest BCUT2D eigenvalue weighted by Gasteiger charge is 2.54. The van der Waals surface area contributed by atoms with Crippen LogP contribution < -0.4 is 10.6 Å². The van der Waals surface area contributed by atoms with Crippen molar-refractivity contribution in [1.29, 1.82) is 0 Å². The third-order valence-electron chi connectivity index (χ3n) is 8.98. The zero-order valence-corrected chi connectivity index (χ0v) is 26.6. The first-order valence-electron chi connectivity index (χ1n) is 16.2. The average Bonchev–Trinajstić information content (AvgIpc) is 3.44. The molecule has 0 bridgehead atoms. The largest absolute Gasteiger partial charge is 0.445 e. The number of oxazole rings is 1. The molecule has 0 radical (unpaired) electrons. The second-order valence-electron chi connectivity index (χ2n) is 12.1. The highest BCUT2D eigenvalue weighted by atomic mass is 16.5. The standard InChI is InChI=1S/C35H45N5O5/c1-4-12-29(37-34(43)44-24-26-13-8-6-9-14-26)30-32(41)40(20-5-2)35(33(42)38-30)18-22-39(23-19-35)21-17-28-25(3)45-31(36-28)27-15-10-7-11-16-27/h6-11,13-16,29-30H,4-5,12,17-24H2,1-3H3,(H,37,43)(H,38,42)/t29-,30-/m0/s1. The van der Waals surface area contributed by atoms with Crippen molar-refractivity contribution in [3.63, 3.8) is 0 Å². The molecule has 2 N–H and O–H groups in total. The minimum absolute atomic E-state index is 0.127. The highest BCUT2D eigenvalue weighted by Crippen LogP contribution is 2.34. The Kier molecular flexibility index (Phi) is 10.5. The van der Waals surface area contributed by atoms with E-state index in [0.717, 1.165) is 48.4 Å². The Morgan fingerprint density at radius 3 is 2.40 bits per heavy atom. The average molecular weight is 616 g/mol. The molecule has 240 valence electrons. The molecule has 2 aliphatic heterocycles. The van der Waals surface area contributed by atoms with E-state index in [4.69, 9.17) is 14.1 Å². The van der Waals surface area contributed by atoms with Gasteiger partial charge in [0.05, 0.1) is 11.7 Å². The molecule has 2 aliphatic rings. The van der Waals surface area contributed by atoms with E-state index in [1.54, 1.807) is 4.90 Å². The maximum absolute atomic E-state index is 14.0. The summed E-state index contributed by atoms with van der Waals surface area (Å²) in [5, 5.41) is 5.91. The number of carbonyl (C=O) groups excluding carboxylic acids is 3. The lowest BCUT2D eigenvalue weighted by atomic mass is 9.80. The van der Waals surface area contributed by atoms with Crippen molar-refractivity contribution in [2.24, 2.45) is 0 Å². The molecule has 45 heavy (non-hydrogen) atoms. The first-order valence-corrected chi connectivity index (χ1v) is 16.2. The third kappa shape index (κ3) is 7.39. The Morgan fingerprint density at radius 2 is 1.73 bits per heavy atom. The predicted molar refractivity (Wildman–Crippen MR) is 171 cm³/mol. The van der Waals surface area contributed by atoms with Crippen LogP contribution in [0.2, 0.25) is 0 Å². The molecule has 5 rings (SSSR count). The molecule has 1 spiro atoms. The number of aromatic nitrogens is 1. The fourth-order valence-corrected chi connectivity index (χ4v) is 6.48. The number of carbonyl (C=O) groups is 3. The molecular formula is C35H45N5O5. The topological polar surface area (TPSA) is 117 Å². The molecule has 2 atom stereocenters. The summed E-state index contributed by atoms with van der Waals surface area (Å²) in [6, 6.07) is 17.9. The molecule has 0 unspecified atom stereocenters. The quantitative estimate of drug-likeness (QED) is 0.299. The Bertz CT molecular complexity index is 1440. The Labute approximate surface area is 265 Å². The van der Waals surface area contributed by atoms with Crippen LogP contribution in [0.15, 0.2) is 65.1 Å².